The van der Waals surface area contributed by atoms with Crippen molar-refractivity contribution in [3.8, 4) is 17.2 Å². The van der Waals surface area contributed by atoms with Crippen molar-refractivity contribution in [3.63, 3.8) is 0 Å². The summed E-state index contributed by atoms with van der Waals surface area (Å²) in [7, 11) is 5.06. The number of rotatable bonds is 9. The second-order valence-corrected chi connectivity index (χ2v) is 5.66. The first kappa shape index (κ1) is 17.4. The van der Waals surface area contributed by atoms with E-state index < -0.39 is 0 Å². The van der Waals surface area contributed by atoms with Gasteiger partial charge >= 0.3 is 0 Å². The molecular weight excluding hydrogens is 290 g/mol. The van der Waals surface area contributed by atoms with Crippen molar-refractivity contribution in [2.24, 2.45) is 0 Å². The van der Waals surface area contributed by atoms with Gasteiger partial charge in [-0.3, -0.25) is 4.98 Å². The fourth-order valence-corrected chi connectivity index (χ4v) is 3.08. The van der Waals surface area contributed by atoms with Crippen LogP contribution in [0.25, 0.3) is 10.8 Å². The first-order valence-corrected chi connectivity index (χ1v) is 8.32. The third kappa shape index (κ3) is 3.69. The molecule has 23 heavy (non-hydrogen) atoms. The standard InChI is InChI=1S/C19H27NO3/c1-5-6-7-8-9-10-15-17(21-2)16-13-20-12-11-14(16)18(22-3)19(15)23-4/h11-13H,5-10H2,1-4H3. The van der Waals surface area contributed by atoms with Crippen molar-refractivity contribution in [3.05, 3.63) is 24.0 Å². The Morgan fingerprint density at radius 3 is 2.17 bits per heavy atom. The molecule has 1 aromatic carbocycles. The number of ether oxygens (including phenoxy) is 3. The Balaban J connectivity index is 2.43. The average molecular weight is 317 g/mol. The summed E-state index contributed by atoms with van der Waals surface area (Å²) in [4.78, 5) is 4.24. The summed E-state index contributed by atoms with van der Waals surface area (Å²) < 4.78 is 17.0. The molecule has 0 spiro atoms. The van der Waals surface area contributed by atoms with Crippen LogP contribution in [0.1, 0.15) is 44.6 Å². The summed E-state index contributed by atoms with van der Waals surface area (Å²) in [6.07, 6.45) is 10.6. The number of methoxy groups -OCH3 is 3. The van der Waals surface area contributed by atoms with E-state index in [1.165, 1.54) is 25.7 Å². The molecule has 0 fully saturated rings. The number of unbranched alkanes of at least 4 members (excludes halogenated alkanes) is 4. The highest BCUT2D eigenvalue weighted by Gasteiger charge is 2.21. The largest absolute Gasteiger partial charge is 0.496 e. The van der Waals surface area contributed by atoms with Crippen molar-refractivity contribution in [1.29, 1.82) is 0 Å². The van der Waals surface area contributed by atoms with Crippen LogP contribution in [0.3, 0.4) is 0 Å². The van der Waals surface area contributed by atoms with Gasteiger partial charge in [-0.2, -0.15) is 0 Å². The molecule has 4 nitrogen and oxygen atoms in total. The predicted molar refractivity (Wildman–Crippen MR) is 93.9 cm³/mol. The van der Waals surface area contributed by atoms with Gasteiger partial charge in [-0.25, -0.2) is 0 Å². The average Bonchev–Trinajstić information content (AvgIpc) is 2.59. The van der Waals surface area contributed by atoms with Crippen LogP contribution in [0.5, 0.6) is 17.2 Å². The molecule has 0 aliphatic rings. The highest BCUT2D eigenvalue weighted by atomic mass is 16.5. The molecule has 126 valence electrons. The summed E-state index contributed by atoms with van der Waals surface area (Å²) in [5.74, 6) is 2.38. The smallest absolute Gasteiger partial charge is 0.169 e. The van der Waals surface area contributed by atoms with E-state index in [0.717, 1.165) is 46.4 Å². The summed E-state index contributed by atoms with van der Waals surface area (Å²) in [5.41, 5.74) is 1.07. The van der Waals surface area contributed by atoms with Gasteiger partial charge in [-0.15, -0.1) is 0 Å². The molecule has 0 saturated heterocycles. The number of pyridine rings is 1. The molecule has 0 unspecified atom stereocenters. The zero-order valence-corrected chi connectivity index (χ0v) is 14.6. The van der Waals surface area contributed by atoms with Crippen LogP contribution >= 0.6 is 0 Å². The minimum Gasteiger partial charge on any atom is -0.496 e. The molecule has 1 heterocycles. The van der Waals surface area contributed by atoms with E-state index in [1.54, 1.807) is 27.5 Å². The third-order valence-corrected chi connectivity index (χ3v) is 4.21. The van der Waals surface area contributed by atoms with Gasteiger partial charge in [-0.1, -0.05) is 32.6 Å². The Kier molecular flexibility index (Phi) is 6.51. The number of hydrogen-bond donors (Lipinski definition) is 0. The van der Waals surface area contributed by atoms with Crippen molar-refractivity contribution < 1.29 is 14.2 Å². The van der Waals surface area contributed by atoms with E-state index in [4.69, 9.17) is 14.2 Å². The van der Waals surface area contributed by atoms with E-state index in [0.29, 0.717) is 0 Å². The fraction of sp³-hybridized carbons (Fsp3) is 0.526. The SMILES string of the molecule is CCCCCCCc1c(OC)c(OC)c2ccncc2c1OC. The van der Waals surface area contributed by atoms with Crippen molar-refractivity contribution >= 4 is 10.8 Å². The molecule has 2 aromatic rings. The zero-order chi connectivity index (χ0) is 16.7. The topological polar surface area (TPSA) is 40.6 Å². The Morgan fingerprint density at radius 2 is 1.52 bits per heavy atom. The van der Waals surface area contributed by atoms with E-state index in [1.807, 2.05) is 12.3 Å². The lowest BCUT2D eigenvalue weighted by Gasteiger charge is -2.19. The van der Waals surface area contributed by atoms with Crippen LogP contribution in [0.2, 0.25) is 0 Å². The van der Waals surface area contributed by atoms with Gasteiger partial charge in [0.2, 0.25) is 0 Å². The molecule has 0 atom stereocenters. The number of hydrogen-bond acceptors (Lipinski definition) is 4. The van der Waals surface area contributed by atoms with Gasteiger partial charge < -0.3 is 14.2 Å². The molecule has 1 aromatic heterocycles. The second kappa shape index (κ2) is 8.61. The number of nitrogens with zero attached hydrogens (tertiary/aromatic N) is 1. The minimum atomic E-state index is 0.759. The van der Waals surface area contributed by atoms with E-state index in [9.17, 15) is 0 Å². The van der Waals surface area contributed by atoms with Gasteiger partial charge in [0.25, 0.3) is 0 Å². The second-order valence-electron chi connectivity index (χ2n) is 5.66. The zero-order valence-electron chi connectivity index (χ0n) is 14.6. The van der Waals surface area contributed by atoms with E-state index in [2.05, 4.69) is 11.9 Å². The third-order valence-electron chi connectivity index (χ3n) is 4.21. The molecule has 0 N–H and O–H groups in total. The van der Waals surface area contributed by atoms with Crippen molar-refractivity contribution in [1.82, 2.24) is 4.98 Å². The summed E-state index contributed by atoms with van der Waals surface area (Å²) in [6, 6.07) is 1.93. The van der Waals surface area contributed by atoms with Crippen molar-refractivity contribution in [2.45, 2.75) is 45.4 Å². The Hall–Kier alpha value is -1.97. The lowest BCUT2D eigenvalue weighted by molar-refractivity contribution is 0.347. The number of fused-ring (bicyclic) bond motifs is 1. The van der Waals surface area contributed by atoms with E-state index in [-0.39, 0.29) is 0 Å². The Morgan fingerprint density at radius 1 is 0.826 bits per heavy atom. The Bertz CT molecular complexity index is 640. The first-order chi connectivity index (χ1) is 11.3. The highest BCUT2D eigenvalue weighted by molar-refractivity contribution is 5.96. The summed E-state index contributed by atoms with van der Waals surface area (Å²) in [6.45, 7) is 2.23. The molecule has 0 radical (unpaired) electrons. The highest BCUT2D eigenvalue weighted by Crippen LogP contribution is 2.45. The first-order valence-electron chi connectivity index (χ1n) is 8.32. The van der Waals surface area contributed by atoms with Crippen LogP contribution in [0.4, 0.5) is 0 Å². The molecule has 0 bridgehead atoms. The molecule has 4 heteroatoms. The summed E-state index contributed by atoms with van der Waals surface area (Å²) >= 11 is 0. The maximum Gasteiger partial charge on any atom is 0.169 e. The van der Waals surface area contributed by atoms with Gasteiger partial charge in [0, 0.05) is 28.7 Å². The van der Waals surface area contributed by atoms with Crippen LogP contribution in [0.15, 0.2) is 18.5 Å². The quantitative estimate of drug-likeness (QED) is 0.624. The molecule has 0 aliphatic heterocycles. The van der Waals surface area contributed by atoms with E-state index >= 15 is 0 Å². The summed E-state index contributed by atoms with van der Waals surface area (Å²) in [5, 5.41) is 1.93. The van der Waals surface area contributed by atoms with Gasteiger partial charge in [0.05, 0.1) is 21.3 Å². The van der Waals surface area contributed by atoms with Crippen LogP contribution in [0, 0.1) is 0 Å². The van der Waals surface area contributed by atoms with Gasteiger partial charge in [0.15, 0.2) is 11.5 Å². The maximum absolute atomic E-state index is 5.70. The van der Waals surface area contributed by atoms with Gasteiger partial charge in [0.1, 0.15) is 5.75 Å². The fourth-order valence-electron chi connectivity index (χ4n) is 3.08. The van der Waals surface area contributed by atoms with Crippen molar-refractivity contribution in [2.75, 3.05) is 21.3 Å². The minimum absolute atomic E-state index is 0.759. The molecule has 0 saturated carbocycles. The molecule has 2 rings (SSSR count). The maximum atomic E-state index is 5.70. The predicted octanol–water partition coefficient (Wildman–Crippen LogP) is 4.77. The monoisotopic (exact) mass is 317 g/mol. The van der Waals surface area contributed by atoms with Crippen LogP contribution in [-0.2, 0) is 6.42 Å². The lowest BCUT2D eigenvalue weighted by atomic mass is 9.99. The lowest BCUT2D eigenvalue weighted by Crippen LogP contribution is -2.02. The Labute approximate surface area is 138 Å². The van der Waals surface area contributed by atoms with Crippen LogP contribution < -0.4 is 14.2 Å². The normalized spacial score (nSPS) is 10.8. The number of aromatic nitrogens is 1. The molecule has 0 aliphatic carbocycles. The molecule has 0 amide bonds. The van der Waals surface area contributed by atoms with Crippen LogP contribution in [-0.4, -0.2) is 26.3 Å². The molecular formula is C19H27NO3. The van der Waals surface area contributed by atoms with Gasteiger partial charge in [-0.05, 0) is 18.9 Å². The number of benzene rings is 1.